The molecule has 1 amide bonds. The highest BCUT2D eigenvalue weighted by atomic mass is 16.5. The van der Waals surface area contributed by atoms with Crippen molar-refractivity contribution in [3.63, 3.8) is 0 Å². The summed E-state index contributed by atoms with van der Waals surface area (Å²) in [5.74, 6) is 0.289. The van der Waals surface area contributed by atoms with Gasteiger partial charge in [0, 0.05) is 11.8 Å². The number of amides is 1. The molecule has 2 rings (SSSR count). The number of hydrogen-bond donors (Lipinski definition) is 2. The van der Waals surface area contributed by atoms with Crippen LogP contribution in [0.5, 0.6) is 5.75 Å². The number of carbonyl (C=O) groups is 1. The molecule has 0 saturated heterocycles. The predicted octanol–water partition coefficient (Wildman–Crippen LogP) is 2.54. The molecule has 0 aliphatic rings. The van der Waals surface area contributed by atoms with Crippen molar-refractivity contribution in [3.8, 4) is 5.75 Å². The van der Waals surface area contributed by atoms with Gasteiger partial charge in [0.15, 0.2) is 0 Å². The lowest BCUT2D eigenvalue weighted by molar-refractivity contribution is 0.100. The second-order valence-corrected chi connectivity index (χ2v) is 3.77. The highest BCUT2D eigenvalue weighted by Crippen LogP contribution is 2.23. The Balaban J connectivity index is 2.31. The first-order chi connectivity index (χ1) is 8.70. The molecule has 0 atom stereocenters. The Labute approximate surface area is 105 Å². The van der Waals surface area contributed by atoms with Gasteiger partial charge in [-0.05, 0) is 24.3 Å². The van der Waals surface area contributed by atoms with Crippen LogP contribution in [0.1, 0.15) is 10.4 Å². The van der Waals surface area contributed by atoms with Crippen LogP contribution in [0, 0.1) is 0 Å². The van der Waals surface area contributed by atoms with E-state index in [2.05, 4.69) is 5.32 Å². The molecule has 0 radical (unpaired) electrons. The van der Waals surface area contributed by atoms with Gasteiger partial charge in [-0.1, -0.05) is 18.2 Å². The van der Waals surface area contributed by atoms with Gasteiger partial charge in [-0.2, -0.15) is 0 Å². The number of nitrogens with two attached hydrogens (primary N) is 1. The van der Waals surface area contributed by atoms with Crippen LogP contribution in [-0.4, -0.2) is 13.0 Å². The largest absolute Gasteiger partial charge is 0.497 e. The minimum absolute atomic E-state index is 0.457. The van der Waals surface area contributed by atoms with Crippen LogP contribution >= 0.6 is 0 Å². The van der Waals surface area contributed by atoms with Crippen LogP contribution in [0.3, 0.4) is 0 Å². The Kier molecular flexibility index (Phi) is 3.48. The van der Waals surface area contributed by atoms with Crippen LogP contribution in [0.4, 0.5) is 11.4 Å². The molecular formula is C14H14N2O2. The van der Waals surface area contributed by atoms with Gasteiger partial charge >= 0.3 is 0 Å². The normalized spacial score (nSPS) is 9.83. The molecule has 92 valence electrons. The first kappa shape index (κ1) is 12.0. The van der Waals surface area contributed by atoms with E-state index < -0.39 is 5.91 Å². The van der Waals surface area contributed by atoms with Crippen LogP contribution < -0.4 is 15.8 Å². The number of para-hydroxylation sites is 1. The summed E-state index contributed by atoms with van der Waals surface area (Å²) in [4.78, 5) is 11.3. The predicted molar refractivity (Wildman–Crippen MR) is 71.2 cm³/mol. The molecule has 2 aromatic carbocycles. The van der Waals surface area contributed by atoms with Gasteiger partial charge in [-0.3, -0.25) is 4.79 Å². The van der Waals surface area contributed by atoms with Crippen molar-refractivity contribution >= 4 is 17.3 Å². The maximum Gasteiger partial charge on any atom is 0.250 e. The molecule has 2 aromatic rings. The molecule has 0 spiro atoms. The average molecular weight is 242 g/mol. The Morgan fingerprint density at radius 1 is 1.17 bits per heavy atom. The second-order valence-electron chi connectivity index (χ2n) is 3.77. The fourth-order valence-corrected chi connectivity index (χ4v) is 1.66. The lowest BCUT2D eigenvalue weighted by Gasteiger charge is -2.10. The average Bonchev–Trinajstić information content (AvgIpc) is 2.39. The summed E-state index contributed by atoms with van der Waals surface area (Å²) in [6.07, 6.45) is 0. The molecule has 3 N–H and O–H groups in total. The van der Waals surface area contributed by atoms with Gasteiger partial charge < -0.3 is 15.8 Å². The molecular weight excluding hydrogens is 228 g/mol. The number of ether oxygens (including phenoxy) is 1. The maximum absolute atomic E-state index is 11.3. The summed E-state index contributed by atoms with van der Waals surface area (Å²) in [7, 11) is 1.61. The van der Waals surface area contributed by atoms with Crippen molar-refractivity contribution in [2.24, 2.45) is 5.73 Å². The third-order valence-corrected chi connectivity index (χ3v) is 2.54. The van der Waals surface area contributed by atoms with Gasteiger partial charge in [-0.15, -0.1) is 0 Å². The van der Waals surface area contributed by atoms with Crippen LogP contribution in [0.25, 0.3) is 0 Å². The maximum atomic E-state index is 11.3. The monoisotopic (exact) mass is 242 g/mol. The van der Waals surface area contributed by atoms with Crippen LogP contribution in [0.15, 0.2) is 48.5 Å². The number of nitrogens with one attached hydrogen (secondary N) is 1. The van der Waals surface area contributed by atoms with Crippen LogP contribution in [0.2, 0.25) is 0 Å². The first-order valence-corrected chi connectivity index (χ1v) is 5.50. The molecule has 0 heterocycles. The van der Waals surface area contributed by atoms with E-state index in [9.17, 15) is 4.79 Å². The molecule has 0 bridgehead atoms. The standard InChI is InChI=1S/C14H14N2O2/c1-18-11-6-4-5-10(9-11)16-13-8-3-2-7-12(13)14(15)17/h2-9,16H,1H3,(H2,15,17). The summed E-state index contributed by atoms with van der Waals surface area (Å²) in [5.41, 5.74) is 7.29. The van der Waals surface area contributed by atoms with E-state index in [1.807, 2.05) is 30.3 Å². The van der Waals surface area contributed by atoms with E-state index in [1.54, 1.807) is 25.3 Å². The summed E-state index contributed by atoms with van der Waals surface area (Å²) in [6.45, 7) is 0. The molecule has 4 nitrogen and oxygen atoms in total. The third kappa shape index (κ3) is 2.60. The van der Waals surface area contributed by atoms with Gasteiger partial charge in [-0.25, -0.2) is 0 Å². The lowest BCUT2D eigenvalue weighted by atomic mass is 10.1. The van der Waals surface area contributed by atoms with Crippen molar-refractivity contribution in [1.82, 2.24) is 0 Å². The van der Waals surface area contributed by atoms with E-state index in [4.69, 9.17) is 10.5 Å². The molecule has 0 aliphatic heterocycles. The fourth-order valence-electron chi connectivity index (χ4n) is 1.66. The molecule has 4 heteroatoms. The Morgan fingerprint density at radius 3 is 2.67 bits per heavy atom. The van der Waals surface area contributed by atoms with Gasteiger partial charge in [0.2, 0.25) is 0 Å². The van der Waals surface area contributed by atoms with Crippen molar-refractivity contribution in [3.05, 3.63) is 54.1 Å². The number of benzene rings is 2. The lowest BCUT2D eigenvalue weighted by Crippen LogP contribution is -2.13. The zero-order valence-corrected chi connectivity index (χ0v) is 10.0. The van der Waals surface area contributed by atoms with E-state index in [0.29, 0.717) is 11.3 Å². The summed E-state index contributed by atoms with van der Waals surface area (Å²) in [5, 5.41) is 3.15. The van der Waals surface area contributed by atoms with Gasteiger partial charge in [0.05, 0.1) is 18.4 Å². The van der Waals surface area contributed by atoms with E-state index >= 15 is 0 Å². The van der Waals surface area contributed by atoms with E-state index in [0.717, 1.165) is 11.4 Å². The Bertz CT molecular complexity index is 567. The number of primary amides is 1. The summed E-state index contributed by atoms with van der Waals surface area (Å²) in [6, 6.07) is 14.6. The minimum atomic E-state index is -0.457. The highest BCUT2D eigenvalue weighted by molar-refractivity contribution is 5.99. The van der Waals surface area contributed by atoms with Crippen molar-refractivity contribution in [1.29, 1.82) is 0 Å². The number of methoxy groups -OCH3 is 1. The quantitative estimate of drug-likeness (QED) is 0.865. The molecule has 18 heavy (non-hydrogen) atoms. The first-order valence-electron chi connectivity index (χ1n) is 5.50. The Morgan fingerprint density at radius 2 is 1.94 bits per heavy atom. The molecule has 0 fully saturated rings. The SMILES string of the molecule is COc1cccc(Nc2ccccc2C(N)=O)c1. The highest BCUT2D eigenvalue weighted by Gasteiger charge is 2.07. The smallest absolute Gasteiger partial charge is 0.250 e. The Hall–Kier alpha value is -2.49. The third-order valence-electron chi connectivity index (χ3n) is 2.54. The second kappa shape index (κ2) is 5.23. The fraction of sp³-hybridized carbons (Fsp3) is 0.0714. The van der Waals surface area contributed by atoms with Crippen molar-refractivity contribution in [2.45, 2.75) is 0 Å². The summed E-state index contributed by atoms with van der Waals surface area (Å²) >= 11 is 0. The van der Waals surface area contributed by atoms with Gasteiger partial charge in [0.1, 0.15) is 5.75 Å². The van der Waals surface area contributed by atoms with Crippen molar-refractivity contribution < 1.29 is 9.53 Å². The number of hydrogen-bond acceptors (Lipinski definition) is 3. The van der Waals surface area contributed by atoms with Gasteiger partial charge in [0.25, 0.3) is 5.91 Å². The molecule has 0 saturated carbocycles. The molecule has 0 unspecified atom stereocenters. The number of rotatable bonds is 4. The van der Waals surface area contributed by atoms with Crippen LogP contribution in [-0.2, 0) is 0 Å². The van der Waals surface area contributed by atoms with E-state index in [-0.39, 0.29) is 0 Å². The molecule has 0 aromatic heterocycles. The topological polar surface area (TPSA) is 64.3 Å². The zero-order chi connectivity index (χ0) is 13.0. The van der Waals surface area contributed by atoms with E-state index in [1.165, 1.54) is 0 Å². The molecule has 0 aliphatic carbocycles. The zero-order valence-electron chi connectivity index (χ0n) is 10.0. The summed E-state index contributed by atoms with van der Waals surface area (Å²) < 4.78 is 5.14. The number of carbonyl (C=O) groups excluding carboxylic acids is 1. The van der Waals surface area contributed by atoms with Crippen molar-refractivity contribution in [2.75, 3.05) is 12.4 Å². The number of anilines is 2. The minimum Gasteiger partial charge on any atom is -0.497 e.